The molecule has 0 saturated carbocycles. The Morgan fingerprint density at radius 3 is 2.75 bits per heavy atom. The van der Waals surface area contributed by atoms with E-state index in [2.05, 4.69) is 5.32 Å². The van der Waals surface area contributed by atoms with Gasteiger partial charge in [0, 0.05) is 11.1 Å². The highest BCUT2D eigenvalue weighted by molar-refractivity contribution is 6.31. The number of ether oxygens (including phenoxy) is 1. The Labute approximate surface area is 120 Å². The number of nitrogens with one attached hydrogen (secondary N) is 1. The number of benzene rings is 2. The summed E-state index contributed by atoms with van der Waals surface area (Å²) in [6.07, 6.45) is 0. The van der Waals surface area contributed by atoms with Crippen molar-refractivity contribution >= 4 is 28.9 Å². The molecule has 104 valence electrons. The van der Waals surface area contributed by atoms with E-state index in [0.717, 1.165) is 6.07 Å². The van der Waals surface area contributed by atoms with E-state index in [1.165, 1.54) is 19.2 Å². The number of anilines is 2. The molecule has 0 heterocycles. The first-order chi connectivity index (χ1) is 9.51. The molecule has 0 unspecified atom stereocenters. The first-order valence-corrected chi connectivity index (χ1v) is 6.09. The Morgan fingerprint density at radius 1 is 1.30 bits per heavy atom. The second kappa shape index (κ2) is 5.79. The van der Waals surface area contributed by atoms with Crippen molar-refractivity contribution in [3.05, 3.63) is 52.8 Å². The van der Waals surface area contributed by atoms with Gasteiger partial charge in [-0.15, -0.1) is 0 Å². The van der Waals surface area contributed by atoms with Gasteiger partial charge in [0.1, 0.15) is 11.6 Å². The molecule has 4 nitrogen and oxygen atoms in total. The number of hydrogen-bond donors (Lipinski definition) is 2. The lowest BCUT2D eigenvalue weighted by Crippen LogP contribution is -2.15. The fourth-order valence-electron chi connectivity index (χ4n) is 1.63. The number of hydrogen-bond acceptors (Lipinski definition) is 3. The number of nitrogens with two attached hydrogens (primary N) is 1. The zero-order valence-corrected chi connectivity index (χ0v) is 11.4. The van der Waals surface area contributed by atoms with Crippen LogP contribution in [0.1, 0.15) is 10.4 Å². The van der Waals surface area contributed by atoms with Crippen LogP contribution in [0, 0.1) is 5.82 Å². The second-order valence-electron chi connectivity index (χ2n) is 4.03. The van der Waals surface area contributed by atoms with E-state index in [4.69, 9.17) is 22.1 Å². The Balaban J connectivity index is 2.30. The lowest BCUT2D eigenvalue weighted by Gasteiger charge is -2.10. The fraction of sp³-hybridized carbons (Fsp3) is 0.0714. The molecule has 0 bridgehead atoms. The number of carbonyl (C=O) groups excluding carboxylic acids is 1. The minimum atomic E-state index is -0.659. The van der Waals surface area contributed by atoms with Crippen LogP contribution in [0.5, 0.6) is 5.75 Å². The number of halogens is 2. The summed E-state index contributed by atoms with van der Waals surface area (Å²) in [4.78, 5) is 12.0. The molecule has 0 radical (unpaired) electrons. The van der Waals surface area contributed by atoms with Crippen molar-refractivity contribution in [2.45, 2.75) is 0 Å². The molecule has 0 aliphatic carbocycles. The van der Waals surface area contributed by atoms with E-state index in [9.17, 15) is 9.18 Å². The van der Waals surface area contributed by atoms with Crippen molar-refractivity contribution in [2.75, 3.05) is 18.2 Å². The highest BCUT2D eigenvalue weighted by Gasteiger charge is 2.14. The molecule has 20 heavy (non-hydrogen) atoms. The maximum absolute atomic E-state index is 13.6. The predicted octanol–water partition coefficient (Wildman–Crippen LogP) is 3.32. The maximum atomic E-state index is 13.6. The molecule has 6 heteroatoms. The molecule has 0 saturated heterocycles. The molecule has 0 fully saturated rings. The van der Waals surface area contributed by atoms with Gasteiger partial charge in [0.25, 0.3) is 5.91 Å². The van der Waals surface area contributed by atoms with Crippen LogP contribution < -0.4 is 15.8 Å². The number of nitrogen functional groups attached to an aromatic ring is 1. The summed E-state index contributed by atoms with van der Waals surface area (Å²) in [7, 11) is 1.49. The van der Waals surface area contributed by atoms with Crippen molar-refractivity contribution in [1.29, 1.82) is 0 Å². The summed E-state index contributed by atoms with van der Waals surface area (Å²) in [6.45, 7) is 0. The third-order valence-electron chi connectivity index (χ3n) is 2.68. The van der Waals surface area contributed by atoms with Crippen molar-refractivity contribution in [3.63, 3.8) is 0 Å². The summed E-state index contributed by atoms with van der Waals surface area (Å²) in [5.74, 6) is -0.764. The molecular weight excluding hydrogens is 283 g/mol. The Morgan fingerprint density at radius 2 is 2.05 bits per heavy atom. The quantitative estimate of drug-likeness (QED) is 0.854. The van der Waals surface area contributed by atoms with E-state index in [1.807, 2.05) is 0 Å². The number of carbonyl (C=O) groups is 1. The van der Waals surface area contributed by atoms with Crippen molar-refractivity contribution in [1.82, 2.24) is 0 Å². The minimum absolute atomic E-state index is 0.153. The predicted molar refractivity (Wildman–Crippen MR) is 76.8 cm³/mol. The van der Waals surface area contributed by atoms with Gasteiger partial charge < -0.3 is 15.8 Å². The average Bonchev–Trinajstić information content (AvgIpc) is 2.43. The van der Waals surface area contributed by atoms with Gasteiger partial charge in [0.2, 0.25) is 0 Å². The van der Waals surface area contributed by atoms with Gasteiger partial charge in [-0.25, -0.2) is 4.39 Å². The summed E-state index contributed by atoms with van der Waals surface area (Å²) in [6, 6.07) is 8.55. The lowest BCUT2D eigenvalue weighted by atomic mass is 10.2. The molecule has 3 N–H and O–H groups in total. The SMILES string of the molecule is COc1ccc(N)c(NC(=O)c2cc(Cl)ccc2F)c1. The van der Waals surface area contributed by atoms with Gasteiger partial charge in [-0.2, -0.15) is 0 Å². The Kier molecular flexibility index (Phi) is 4.10. The number of methoxy groups -OCH3 is 1. The first-order valence-electron chi connectivity index (χ1n) is 5.71. The van der Waals surface area contributed by atoms with Gasteiger partial charge in [0.15, 0.2) is 0 Å². The van der Waals surface area contributed by atoms with Crippen LogP contribution in [0.25, 0.3) is 0 Å². The van der Waals surface area contributed by atoms with Crippen LogP contribution in [0.15, 0.2) is 36.4 Å². The van der Waals surface area contributed by atoms with Crippen molar-refractivity contribution in [3.8, 4) is 5.75 Å². The van der Waals surface area contributed by atoms with Crippen LogP contribution in [0.4, 0.5) is 15.8 Å². The third kappa shape index (κ3) is 3.00. The number of amides is 1. The summed E-state index contributed by atoms with van der Waals surface area (Å²) < 4.78 is 18.6. The van der Waals surface area contributed by atoms with Gasteiger partial charge in [-0.1, -0.05) is 11.6 Å². The molecule has 0 atom stereocenters. The number of rotatable bonds is 3. The lowest BCUT2D eigenvalue weighted by molar-refractivity contribution is 0.102. The van der Waals surface area contributed by atoms with Crippen LogP contribution in [0.2, 0.25) is 5.02 Å². The molecule has 0 aliphatic heterocycles. The van der Waals surface area contributed by atoms with Crippen molar-refractivity contribution in [2.24, 2.45) is 0 Å². The molecule has 2 aromatic carbocycles. The van der Waals surface area contributed by atoms with Crippen LogP contribution >= 0.6 is 11.6 Å². The Bertz CT molecular complexity index is 662. The molecule has 0 aliphatic rings. The van der Waals surface area contributed by atoms with Gasteiger partial charge in [0.05, 0.1) is 24.0 Å². The zero-order valence-electron chi connectivity index (χ0n) is 10.6. The van der Waals surface area contributed by atoms with E-state index < -0.39 is 11.7 Å². The van der Waals surface area contributed by atoms with E-state index in [-0.39, 0.29) is 10.6 Å². The summed E-state index contributed by atoms with van der Waals surface area (Å²) in [5.41, 5.74) is 6.29. The average molecular weight is 295 g/mol. The van der Waals surface area contributed by atoms with E-state index in [1.54, 1.807) is 18.2 Å². The van der Waals surface area contributed by atoms with Gasteiger partial charge in [-0.3, -0.25) is 4.79 Å². The smallest absolute Gasteiger partial charge is 0.258 e. The van der Waals surface area contributed by atoms with E-state index in [0.29, 0.717) is 17.1 Å². The topological polar surface area (TPSA) is 64.3 Å². The van der Waals surface area contributed by atoms with Crippen LogP contribution in [-0.2, 0) is 0 Å². The minimum Gasteiger partial charge on any atom is -0.497 e. The zero-order chi connectivity index (χ0) is 14.7. The molecular formula is C14H12ClFN2O2. The molecule has 2 rings (SSSR count). The molecule has 2 aromatic rings. The highest BCUT2D eigenvalue weighted by atomic mass is 35.5. The highest BCUT2D eigenvalue weighted by Crippen LogP contribution is 2.25. The normalized spacial score (nSPS) is 10.2. The molecule has 0 spiro atoms. The molecule has 0 aromatic heterocycles. The van der Waals surface area contributed by atoms with Gasteiger partial charge >= 0.3 is 0 Å². The van der Waals surface area contributed by atoms with Crippen LogP contribution in [0.3, 0.4) is 0 Å². The summed E-state index contributed by atoms with van der Waals surface area (Å²) in [5, 5.41) is 2.80. The van der Waals surface area contributed by atoms with Crippen molar-refractivity contribution < 1.29 is 13.9 Å². The third-order valence-corrected chi connectivity index (χ3v) is 2.92. The first kappa shape index (κ1) is 14.1. The fourth-order valence-corrected chi connectivity index (χ4v) is 1.80. The monoisotopic (exact) mass is 294 g/mol. The summed E-state index contributed by atoms with van der Waals surface area (Å²) >= 11 is 5.75. The largest absolute Gasteiger partial charge is 0.497 e. The van der Waals surface area contributed by atoms with Crippen LogP contribution in [-0.4, -0.2) is 13.0 Å². The van der Waals surface area contributed by atoms with E-state index >= 15 is 0 Å². The standard InChI is InChI=1S/C14H12ClFN2O2/c1-20-9-3-5-12(17)13(7-9)18-14(19)10-6-8(15)2-4-11(10)16/h2-7H,17H2,1H3,(H,18,19). The second-order valence-corrected chi connectivity index (χ2v) is 4.47. The maximum Gasteiger partial charge on any atom is 0.258 e. The molecule has 1 amide bonds. The Hall–Kier alpha value is -2.27. The van der Waals surface area contributed by atoms with Gasteiger partial charge in [-0.05, 0) is 30.3 Å².